The molecule has 0 aliphatic rings. The van der Waals surface area contributed by atoms with E-state index in [9.17, 15) is 13.6 Å². The van der Waals surface area contributed by atoms with E-state index in [2.05, 4.69) is 5.32 Å². The van der Waals surface area contributed by atoms with Gasteiger partial charge in [-0.1, -0.05) is 6.07 Å². The van der Waals surface area contributed by atoms with Crippen LogP contribution in [0.3, 0.4) is 0 Å². The molecule has 0 bridgehead atoms. The highest BCUT2D eigenvalue weighted by molar-refractivity contribution is 5.76. The van der Waals surface area contributed by atoms with Gasteiger partial charge < -0.3 is 15.5 Å². The zero-order valence-electron chi connectivity index (χ0n) is 9.70. The number of aliphatic hydroxyl groups excluding tert-OH is 2. The van der Waals surface area contributed by atoms with Crippen molar-refractivity contribution in [1.29, 1.82) is 0 Å². The number of rotatable bonds is 6. The average molecular weight is 259 g/mol. The topological polar surface area (TPSA) is 69.6 Å². The number of carbonyl (C=O) groups is 1. The van der Waals surface area contributed by atoms with Gasteiger partial charge in [0.15, 0.2) is 11.6 Å². The van der Waals surface area contributed by atoms with Gasteiger partial charge >= 0.3 is 0 Å². The normalized spacial score (nSPS) is 12.2. The molecule has 1 rings (SSSR count). The highest BCUT2D eigenvalue weighted by atomic mass is 19.2. The van der Waals surface area contributed by atoms with Crippen LogP contribution >= 0.6 is 0 Å². The van der Waals surface area contributed by atoms with Crippen LogP contribution in [-0.2, 0) is 11.2 Å². The Morgan fingerprint density at radius 2 is 2.06 bits per heavy atom. The van der Waals surface area contributed by atoms with Crippen LogP contribution in [0, 0.1) is 11.6 Å². The summed E-state index contributed by atoms with van der Waals surface area (Å²) in [6, 6.07) is 3.47. The summed E-state index contributed by atoms with van der Waals surface area (Å²) in [5.41, 5.74) is 0.520. The lowest BCUT2D eigenvalue weighted by Gasteiger charge is -2.08. The maximum atomic E-state index is 12.9. The maximum absolute atomic E-state index is 12.9. The summed E-state index contributed by atoms with van der Waals surface area (Å²) in [5.74, 6) is -2.19. The van der Waals surface area contributed by atoms with Gasteiger partial charge in [-0.2, -0.15) is 0 Å². The summed E-state index contributed by atoms with van der Waals surface area (Å²) in [6.45, 7) is -0.462. The Morgan fingerprint density at radius 3 is 2.67 bits per heavy atom. The Hall–Kier alpha value is -1.53. The third kappa shape index (κ3) is 4.77. The molecule has 0 heterocycles. The molecular weight excluding hydrogens is 244 g/mol. The molecular formula is C12H15F2NO3. The molecule has 1 aromatic rings. The van der Waals surface area contributed by atoms with Gasteiger partial charge in [0, 0.05) is 13.0 Å². The number of carbonyl (C=O) groups excluding carboxylic acids is 1. The Morgan fingerprint density at radius 1 is 1.33 bits per heavy atom. The van der Waals surface area contributed by atoms with Crippen LogP contribution in [0.15, 0.2) is 18.2 Å². The van der Waals surface area contributed by atoms with E-state index in [0.29, 0.717) is 5.56 Å². The number of hydrogen-bond donors (Lipinski definition) is 3. The third-order valence-electron chi connectivity index (χ3n) is 2.37. The van der Waals surface area contributed by atoms with Gasteiger partial charge in [-0.05, 0) is 24.1 Å². The van der Waals surface area contributed by atoms with Gasteiger partial charge in [0.2, 0.25) is 5.91 Å². The summed E-state index contributed by atoms with van der Waals surface area (Å²) in [6.07, 6.45) is -0.612. The molecule has 1 aromatic carbocycles. The zero-order chi connectivity index (χ0) is 13.5. The molecule has 0 aromatic heterocycles. The lowest BCUT2D eigenvalue weighted by molar-refractivity contribution is -0.121. The lowest BCUT2D eigenvalue weighted by Crippen LogP contribution is -2.33. The second-order valence-electron chi connectivity index (χ2n) is 3.89. The first-order valence-electron chi connectivity index (χ1n) is 5.52. The summed E-state index contributed by atoms with van der Waals surface area (Å²) in [7, 11) is 0. The predicted molar refractivity (Wildman–Crippen MR) is 60.8 cm³/mol. The van der Waals surface area contributed by atoms with Gasteiger partial charge in [0.05, 0.1) is 12.7 Å². The standard InChI is InChI=1S/C12H15F2NO3/c13-10-3-1-8(5-11(10)14)2-4-12(18)15-6-9(17)7-16/h1,3,5,9,16-17H,2,4,6-7H2,(H,15,18). The SMILES string of the molecule is O=C(CCc1ccc(F)c(F)c1)NCC(O)CO. The highest BCUT2D eigenvalue weighted by Crippen LogP contribution is 2.10. The van der Waals surface area contributed by atoms with E-state index < -0.39 is 24.3 Å². The number of aryl methyl sites for hydroxylation is 1. The van der Waals surface area contributed by atoms with Crippen molar-refractivity contribution in [3.05, 3.63) is 35.4 Å². The Balaban J connectivity index is 2.36. The highest BCUT2D eigenvalue weighted by Gasteiger charge is 2.07. The van der Waals surface area contributed by atoms with Gasteiger partial charge in [0.25, 0.3) is 0 Å². The molecule has 0 aliphatic carbocycles. The molecule has 0 saturated carbocycles. The Kier molecular flexibility index (Phi) is 5.67. The van der Waals surface area contributed by atoms with Crippen LogP contribution in [0.25, 0.3) is 0 Å². The lowest BCUT2D eigenvalue weighted by atomic mass is 10.1. The smallest absolute Gasteiger partial charge is 0.220 e. The van der Waals surface area contributed by atoms with E-state index in [1.165, 1.54) is 6.07 Å². The summed E-state index contributed by atoms with van der Waals surface area (Å²) >= 11 is 0. The van der Waals surface area contributed by atoms with Crippen molar-refractivity contribution < 1.29 is 23.8 Å². The molecule has 0 aliphatic heterocycles. The Bertz CT molecular complexity index is 412. The van der Waals surface area contributed by atoms with E-state index >= 15 is 0 Å². The summed E-state index contributed by atoms with van der Waals surface area (Å²) in [5, 5.41) is 19.9. The fourth-order valence-electron chi connectivity index (χ4n) is 1.34. The van der Waals surface area contributed by atoms with Gasteiger partial charge in [-0.15, -0.1) is 0 Å². The van der Waals surface area contributed by atoms with Crippen molar-refractivity contribution in [2.75, 3.05) is 13.2 Å². The molecule has 3 N–H and O–H groups in total. The fourth-order valence-corrected chi connectivity index (χ4v) is 1.34. The number of halogens is 2. The van der Waals surface area contributed by atoms with E-state index in [4.69, 9.17) is 10.2 Å². The minimum atomic E-state index is -0.989. The molecule has 0 radical (unpaired) electrons. The van der Waals surface area contributed by atoms with Crippen molar-refractivity contribution >= 4 is 5.91 Å². The second-order valence-corrected chi connectivity index (χ2v) is 3.89. The first-order chi connectivity index (χ1) is 8.52. The quantitative estimate of drug-likeness (QED) is 0.691. The molecule has 1 unspecified atom stereocenters. The molecule has 6 heteroatoms. The number of benzene rings is 1. The zero-order valence-corrected chi connectivity index (χ0v) is 9.70. The monoisotopic (exact) mass is 259 g/mol. The largest absolute Gasteiger partial charge is 0.394 e. The first-order valence-corrected chi connectivity index (χ1v) is 5.52. The van der Waals surface area contributed by atoms with Crippen LogP contribution in [0.1, 0.15) is 12.0 Å². The summed E-state index contributed by atoms with van der Waals surface area (Å²) in [4.78, 5) is 11.3. The first kappa shape index (κ1) is 14.5. The predicted octanol–water partition coefficient (Wildman–Crippen LogP) is 0.367. The summed E-state index contributed by atoms with van der Waals surface area (Å²) < 4.78 is 25.5. The molecule has 0 fully saturated rings. The van der Waals surface area contributed by atoms with Gasteiger partial charge in [-0.3, -0.25) is 4.79 Å². The molecule has 0 spiro atoms. The van der Waals surface area contributed by atoms with E-state index in [0.717, 1.165) is 12.1 Å². The number of aliphatic hydroxyl groups is 2. The van der Waals surface area contributed by atoms with Crippen LogP contribution in [0.4, 0.5) is 8.78 Å². The fraction of sp³-hybridized carbons (Fsp3) is 0.417. The third-order valence-corrected chi connectivity index (χ3v) is 2.37. The van der Waals surface area contributed by atoms with Crippen molar-refractivity contribution in [1.82, 2.24) is 5.32 Å². The number of nitrogens with one attached hydrogen (secondary N) is 1. The minimum absolute atomic E-state index is 0.0346. The van der Waals surface area contributed by atoms with Crippen LogP contribution < -0.4 is 5.32 Å². The van der Waals surface area contributed by atoms with Crippen molar-refractivity contribution in [2.45, 2.75) is 18.9 Å². The molecule has 18 heavy (non-hydrogen) atoms. The molecule has 4 nitrogen and oxygen atoms in total. The average Bonchev–Trinajstić information content (AvgIpc) is 2.37. The van der Waals surface area contributed by atoms with Crippen LogP contribution in [0.5, 0.6) is 0 Å². The van der Waals surface area contributed by atoms with Crippen molar-refractivity contribution in [3.63, 3.8) is 0 Å². The molecule has 1 atom stereocenters. The molecule has 0 saturated heterocycles. The van der Waals surface area contributed by atoms with Crippen molar-refractivity contribution in [2.24, 2.45) is 0 Å². The maximum Gasteiger partial charge on any atom is 0.220 e. The van der Waals surface area contributed by atoms with Crippen LogP contribution in [-0.4, -0.2) is 35.4 Å². The molecule has 1 amide bonds. The number of amides is 1. The number of hydrogen-bond acceptors (Lipinski definition) is 3. The van der Waals surface area contributed by atoms with E-state index in [-0.39, 0.29) is 25.3 Å². The van der Waals surface area contributed by atoms with Gasteiger partial charge in [0.1, 0.15) is 0 Å². The van der Waals surface area contributed by atoms with Gasteiger partial charge in [-0.25, -0.2) is 8.78 Å². The minimum Gasteiger partial charge on any atom is -0.394 e. The Labute approximate surface area is 103 Å². The van der Waals surface area contributed by atoms with E-state index in [1.54, 1.807) is 0 Å². The second kappa shape index (κ2) is 7.03. The van der Waals surface area contributed by atoms with E-state index in [1.807, 2.05) is 0 Å². The van der Waals surface area contributed by atoms with Crippen LogP contribution in [0.2, 0.25) is 0 Å². The van der Waals surface area contributed by atoms with Crippen molar-refractivity contribution in [3.8, 4) is 0 Å². The molecule has 100 valence electrons.